The van der Waals surface area contributed by atoms with Gasteiger partial charge in [0.2, 0.25) is 0 Å². The van der Waals surface area contributed by atoms with E-state index in [9.17, 15) is 14.4 Å². The fraction of sp³-hybridized carbons (Fsp3) is 0.773. The van der Waals surface area contributed by atoms with Crippen LogP contribution in [0.1, 0.15) is 355 Å². The zero-order valence-corrected chi connectivity index (χ0v) is 53.8. The molecule has 0 saturated heterocycles. The standard InChI is InChI=1S/C75H132O6/c1-4-7-10-13-16-19-22-25-28-31-33-34-35-36-37-38-39-40-42-44-47-50-53-56-59-62-65-68-74(77)80-71-72(70-79-73(76)67-64-61-58-55-52-49-46-43-30-27-24-21-18-15-12-9-6-3)81-75(78)69-66-63-60-57-54-51-48-45-41-32-29-26-23-20-17-14-11-8-5-2/h9,12,18,21-22,25,27,30-31,33,46,49,55,58,72H,4-8,10-11,13-17,19-20,23-24,26,28-29,32,34-45,47-48,50-54,56-57,59-71H2,1-3H3/b12-9-,21-18-,25-22-,30-27-,33-31-,49-46-,58-55-. The molecule has 0 heterocycles. The monoisotopic (exact) mass is 1130 g/mol. The van der Waals surface area contributed by atoms with Gasteiger partial charge in [-0.2, -0.15) is 0 Å². The Bertz CT molecular complexity index is 1530. The molecule has 0 aromatic rings. The molecule has 0 aliphatic heterocycles. The van der Waals surface area contributed by atoms with E-state index in [0.717, 1.165) is 83.5 Å². The molecule has 0 aromatic heterocycles. The molecular formula is C75H132O6. The number of unbranched alkanes of at least 4 members (excludes halogenated alkanes) is 39. The molecule has 81 heavy (non-hydrogen) atoms. The first-order valence-corrected chi connectivity index (χ1v) is 35.1. The second-order valence-electron chi connectivity index (χ2n) is 23.4. The van der Waals surface area contributed by atoms with Crippen LogP contribution in [0.4, 0.5) is 0 Å². The van der Waals surface area contributed by atoms with Gasteiger partial charge < -0.3 is 14.2 Å². The van der Waals surface area contributed by atoms with Crippen molar-refractivity contribution < 1.29 is 28.6 Å². The van der Waals surface area contributed by atoms with Crippen LogP contribution in [0.2, 0.25) is 0 Å². The van der Waals surface area contributed by atoms with Crippen LogP contribution in [0, 0.1) is 0 Å². The number of rotatable bonds is 64. The lowest BCUT2D eigenvalue weighted by Crippen LogP contribution is -2.30. The van der Waals surface area contributed by atoms with Crippen LogP contribution in [-0.4, -0.2) is 37.2 Å². The van der Waals surface area contributed by atoms with Crippen molar-refractivity contribution in [2.45, 2.75) is 361 Å². The first-order valence-electron chi connectivity index (χ1n) is 35.1. The lowest BCUT2D eigenvalue weighted by molar-refractivity contribution is -0.167. The van der Waals surface area contributed by atoms with E-state index in [2.05, 4.69) is 106 Å². The summed E-state index contributed by atoms with van der Waals surface area (Å²) in [6, 6.07) is 0. The van der Waals surface area contributed by atoms with Crippen molar-refractivity contribution in [3.63, 3.8) is 0 Å². The highest BCUT2D eigenvalue weighted by atomic mass is 16.6. The molecule has 468 valence electrons. The van der Waals surface area contributed by atoms with Crippen LogP contribution < -0.4 is 0 Å². The number of carbonyl (C=O) groups excluding carboxylic acids is 3. The van der Waals surface area contributed by atoms with E-state index in [1.165, 1.54) is 225 Å². The number of hydrogen-bond donors (Lipinski definition) is 0. The Morgan fingerprint density at radius 2 is 0.494 bits per heavy atom. The van der Waals surface area contributed by atoms with Gasteiger partial charge in [0.25, 0.3) is 0 Å². The van der Waals surface area contributed by atoms with Crippen molar-refractivity contribution in [2.24, 2.45) is 0 Å². The number of ether oxygens (including phenoxy) is 3. The number of carbonyl (C=O) groups is 3. The van der Waals surface area contributed by atoms with E-state index < -0.39 is 6.10 Å². The minimum atomic E-state index is -0.799. The zero-order valence-electron chi connectivity index (χ0n) is 53.8. The van der Waals surface area contributed by atoms with E-state index in [1.807, 2.05) is 0 Å². The SMILES string of the molecule is CC/C=C\C/C=C\C/C=C\C/C=C\C/C=C\CCCC(=O)OCC(COC(=O)CCCCCCCCCCCCCCCCC/C=C\C/C=C\CCCCCCC)OC(=O)CCCCCCCCCCCCCCCCCCCCC. The van der Waals surface area contributed by atoms with Crippen molar-refractivity contribution in [3.05, 3.63) is 85.1 Å². The second kappa shape index (κ2) is 69.1. The molecule has 0 aliphatic rings. The maximum absolute atomic E-state index is 12.9. The largest absolute Gasteiger partial charge is 0.462 e. The molecule has 0 radical (unpaired) electrons. The van der Waals surface area contributed by atoms with Crippen LogP contribution in [0.3, 0.4) is 0 Å². The minimum Gasteiger partial charge on any atom is -0.462 e. The Hall–Kier alpha value is -3.41. The van der Waals surface area contributed by atoms with Crippen LogP contribution in [0.5, 0.6) is 0 Å². The highest BCUT2D eigenvalue weighted by molar-refractivity contribution is 5.71. The highest BCUT2D eigenvalue weighted by Gasteiger charge is 2.19. The smallest absolute Gasteiger partial charge is 0.306 e. The van der Waals surface area contributed by atoms with E-state index >= 15 is 0 Å². The van der Waals surface area contributed by atoms with Gasteiger partial charge in [-0.25, -0.2) is 0 Å². The number of hydrogen-bond acceptors (Lipinski definition) is 6. The molecule has 6 heteroatoms. The highest BCUT2D eigenvalue weighted by Crippen LogP contribution is 2.18. The summed E-state index contributed by atoms with van der Waals surface area (Å²) in [4.78, 5) is 38.4. The first kappa shape index (κ1) is 77.6. The van der Waals surface area contributed by atoms with Crippen LogP contribution in [0.15, 0.2) is 85.1 Å². The van der Waals surface area contributed by atoms with Gasteiger partial charge in [-0.1, -0.05) is 331 Å². The maximum Gasteiger partial charge on any atom is 0.306 e. The zero-order chi connectivity index (χ0) is 58.5. The summed E-state index contributed by atoms with van der Waals surface area (Å²) in [5.74, 6) is -0.932. The molecule has 6 nitrogen and oxygen atoms in total. The molecule has 0 rings (SSSR count). The Kier molecular flexibility index (Phi) is 66.2. The Morgan fingerprint density at radius 1 is 0.259 bits per heavy atom. The van der Waals surface area contributed by atoms with Gasteiger partial charge in [0.15, 0.2) is 6.10 Å². The predicted octanol–water partition coefficient (Wildman–Crippen LogP) is 24.2. The molecule has 0 aromatic carbocycles. The molecule has 0 fully saturated rings. The van der Waals surface area contributed by atoms with Crippen molar-refractivity contribution in [2.75, 3.05) is 13.2 Å². The third-order valence-electron chi connectivity index (χ3n) is 15.4. The van der Waals surface area contributed by atoms with Gasteiger partial charge in [-0.3, -0.25) is 14.4 Å². The van der Waals surface area contributed by atoms with Gasteiger partial charge in [0.1, 0.15) is 13.2 Å². The minimum absolute atomic E-state index is 0.0906. The number of allylic oxidation sites excluding steroid dienone is 14. The molecule has 0 N–H and O–H groups in total. The topological polar surface area (TPSA) is 78.9 Å². The summed E-state index contributed by atoms with van der Waals surface area (Å²) in [6.07, 6.45) is 91.9. The molecule has 0 saturated carbocycles. The summed E-state index contributed by atoms with van der Waals surface area (Å²) >= 11 is 0. The summed E-state index contributed by atoms with van der Waals surface area (Å²) in [7, 11) is 0. The molecular weight excluding hydrogens is 997 g/mol. The average molecular weight is 1130 g/mol. The molecule has 0 amide bonds. The molecule has 1 atom stereocenters. The summed E-state index contributed by atoms with van der Waals surface area (Å²) < 4.78 is 16.9. The van der Waals surface area contributed by atoms with E-state index in [1.54, 1.807) is 0 Å². The van der Waals surface area contributed by atoms with Crippen LogP contribution >= 0.6 is 0 Å². The maximum atomic E-state index is 12.9. The lowest BCUT2D eigenvalue weighted by Gasteiger charge is -2.18. The summed E-state index contributed by atoms with van der Waals surface area (Å²) in [5, 5.41) is 0. The Balaban J connectivity index is 4.34. The predicted molar refractivity (Wildman–Crippen MR) is 353 cm³/mol. The summed E-state index contributed by atoms with van der Waals surface area (Å²) in [6.45, 7) is 6.52. The average Bonchev–Trinajstić information content (AvgIpc) is 3.47. The van der Waals surface area contributed by atoms with Gasteiger partial charge in [-0.05, 0) is 89.9 Å². The van der Waals surface area contributed by atoms with Gasteiger partial charge in [0.05, 0.1) is 0 Å². The van der Waals surface area contributed by atoms with E-state index in [0.29, 0.717) is 19.3 Å². The van der Waals surface area contributed by atoms with Gasteiger partial charge >= 0.3 is 17.9 Å². The molecule has 0 aliphatic carbocycles. The third kappa shape index (κ3) is 67.3. The fourth-order valence-electron chi connectivity index (χ4n) is 10.2. The van der Waals surface area contributed by atoms with Gasteiger partial charge in [0, 0.05) is 19.3 Å². The molecule has 0 bridgehead atoms. The van der Waals surface area contributed by atoms with Crippen LogP contribution in [0.25, 0.3) is 0 Å². The molecule has 1 unspecified atom stereocenters. The lowest BCUT2D eigenvalue weighted by atomic mass is 10.0. The summed E-state index contributed by atoms with van der Waals surface area (Å²) in [5.41, 5.74) is 0. The third-order valence-corrected chi connectivity index (χ3v) is 15.4. The van der Waals surface area contributed by atoms with E-state index in [-0.39, 0.29) is 37.5 Å². The van der Waals surface area contributed by atoms with Crippen LogP contribution in [-0.2, 0) is 28.6 Å². The van der Waals surface area contributed by atoms with Crippen molar-refractivity contribution in [1.29, 1.82) is 0 Å². The Morgan fingerprint density at radius 3 is 0.802 bits per heavy atom. The first-order chi connectivity index (χ1) is 40.0. The van der Waals surface area contributed by atoms with Crippen molar-refractivity contribution in [3.8, 4) is 0 Å². The Labute approximate surface area is 503 Å². The quantitative estimate of drug-likeness (QED) is 0.0261. The second-order valence-corrected chi connectivity index (χ2v) is 23.4. The van der Waals surface area contributed by atoms with Gasteiger partial charge in [-0.15, -0.1) is 0 Å². The molecule has 0 spiro atoms. The van der Waals surface area contributed by atoms with E-state index in [4.69, 9.17) is 14.2 Å². The number of esters is 3. The van der Waals surface area contributed by atoms with Crippen molar-refractivity contribution >= 4 is 17.9 Å². The fourth-order valence-corrected chi connectivity index (χ4v) is 10.2. The van der Waals surface area contributed by atoms with Crippen molar-refractivity contribution in [1.82, 2.24) is 0 Å². The normalized spacial score (nSPS) is 12.6.